The molecule has 2 aliphatic rings. The topological polar surface area (TPSA) is 76.4 Å². The summed E-state index contributed by atoms with van der Waals surface area (Å²) in [6, 6.07) is 1.96. The molecular weight excluding hydrogens is 380 g/mol. The summed E-state index contributed by atoms with van der Waals surface area (Å²) in [6.45, 7) is 11.6. The van der Waals surface area contributed by atoms with Gasteiger partial charge in [-0.3, -0.25) is 9.48 Å². The molecule has 0 atom stereocenters. The second kappa shape index (κ2) is 9.12. The number of ether oxygens (including phenoxy) is 1. The van der Waals surface area contributed by atoms with E-state index in [1.165, 1.54) is 0 Å². The number of carbonyl (C=O) groups excluding carboxylic acids is 1. The molecule has 0 spiro atoms. The fraction of sp³-hybridized carbons (Fsp3) is 0.636. The predicted molar refractivity (Wildman–Crippen MR) is 115 cm³/mol. The average Bonchev–Trinajstić information content (AvgIpc) is 3.19. The van der Waals surface area contributed by atoms with Crippen molar-refractivity contribution in [2.75, 3.05) is 44.3 Å². The van der Waals surface area contributed by atoms with Gasteiger partial charge in [-0.2, -0.15) is 5.10 Å². The summed E-state index contributed by atoms with van der Waals surface area (Å²) >= 11 is 0. The van der Waals surface area contributed by atoms with Gasteiger partial charge in [-0.1, -0.05) is 0 Å². The van der Waals surface area contributed by atoms with Crippen LogP contribution in [0.25, 0.3) is 0 Å². The molecule has 2 fully saturated rings. The fourth-order valence-corrected chi connectivity index (χ4v) is 4.28. The molecular formula is C22H32N6O2. The van der Waals surface area contributed by atoms with Gasteiger partial charge < -0.3 is 14.5 Å². The SMILES string of the molecule is Cc1nc(C2CCN(C(=O)CCn3nccc3C)CC2)nc(N2CCOCC2)c1C. The van der Waals surface area contributed by atoms with E-state index >= 15 is 0 Å². The Hall–Kier alpha value is -2.48. The lowest BCUT2D eigenvalue weighted by Crippen LogP contribution is -2.39. The number of aryl methyl sites for hydroxylation is 3. The first kappa shape index (κ1) is 20.8. The fourth-order valence-electron chi connectivity index (χ4n) is 4.28. The maximum absolute atomic E-state index is 12.6. The van der Waals surface area contributed by atoms with Crippen molar-refractivity contribution < 1.29 is 9.53 Å². The summed E-state index contributed by atoms with van der Waals surface area (Å²) in [7, 11) is 0. The summed E-state index contributed by atoms with van der Waals surface area (Å²) in [6.07, 6.45) is 4.10. The second-order valence-corrected chi connectivity index (χ2v) is 8.32. The number of aromatic nitrogens is 4. The van der Waals surface area contributed by atoms with E-state index in [1.807, 2.05) is 22.6 Å². The van der Waals surface area contributed by atoms with Crippen molar-refractivity contribution in [2.45, 2.75) is 52.5 Å². The molecule has 162 valence electrons. The number of carbonyl (C=O) groups is 1. The standard InChI is InChI=1S/C22H32N6O2/c1-16-4-8-23-28(16)11-7-20(29)26-9-5-19(6-10-26)21-24-18(3)17(2)22(25-21)27-12-14-30-15-13-27/h4,8,19H,5-7,9-15H2,1-3H3. The number of hydrogen-bond acceptors (Lipinski definition) is 6. The Kier molecular flexibility index (Phi) is 6.32. The van der Waals surface area contributed by atoms with E-state index < -0.39 is 0 Å². The number of likely N-dealkylation sites (tertiary alicyclic amines) is 1. The third kappa shape index (κ3) is 4.48. The minimum atomic E-state index is 0.207. The largest absolute Gasteiger partial charge is 0.378 e. The smallest absolute Gasteiger partial charge is 0.224 e. The van der Waals surface area contributed by atoms with E-state index in [2.05, 4.69) is 23.8 Å². The van der Waals surface area contributed by atoms with E-state index in [4.69, 9.17) is 14.7 Å². The summed E-state index contributed by atoms with van der Waals surface area (Å²) in [5.41, 5.74) is 3.29. The van der Waals surface area contributed by atoms with E-state index in [-0.39, 0.29) is 5.91 Å². The van der Waals surface area contributed by atoms with Gasteiger partial charge in [-0.05, 0) is 39.7 Å². The monoisotopic (exact) mass is 412 g/mol. The first-order chi connectivity index (χ1) is 14.5. The van der Waals surface area contributed by atoms with Gasteiger partial charge in [-0.25, -0.2) is 9.97 Å². The average molecular weight is 413 g/mol. The molecule has 8 heteroatoms. The van der Waals surface area contributed by atoms with Gasteiger partial charge >= 0.3 is 0 Å². The molecule has 30 heavy (non-hydrogen) atoms. The Morgan fingerprint density at radius 3 is 2.50 bits per heavy atom. The molecule has 1 amide bonds. The van der Waals surface area contributed by atoms with Crippen LogP contribution < -0.4 is 4.90 Å². The number of morpholine rings is 1. The number of rotatable bonds is 5. The summed E-state index contributed by atoms with van der Waals surface area (Å²) in [4.78, 5) is 26.7. The van der Waals surface area contributed by atoms with Crippen molar-refractivity contribution in [1.82, 2.24) is 24.6 Å². The van der Waals surface area contributed by atoms with Gasteiger partial charge in [0, 0.05) is 68.2 Å². The highest BCUT2D eigenvalue weighted by Gasteiger charge is 2.27. The van der Waals surface area contributed by atoms with Crippen molar-refractivity contribution in [1.29, 1.82) is 0 Å². The summed E-state index contributed by atoms with van der Waals surface area (Å²) in [5, 5.41) is 4.26. The summed E-state index contributed by atoms with van der Waals surface area (Å²) < 4.78 is 7.38. The van der Waals surface area contributed by atoms with Gasteiger partial charge in [0.25, 0.3) is 0 Å². The summed E-state index contributed by atoms with van der Waals surface area (Å²) in [5.74, 6) is 2.49. The Bertz CT molecular complexity index is 882. The van der Waals surface area contributed by atoms with Gasteiger partial charge in [0.1, 0.15) is 11.6 Å². The Balaban J connectivity index is 1.37. The maximum Gasteiger partial charge on any atom is 0.224 e. The quantitative estimate of drug-likeness (QED) is 0.750. The van der Waals surface area contributed by atoms with Crippen LogP contribution in [0.4, 0.5) is 5.82 Å². The zero-order chi connectivity index (χ0) is 21.1. The van der Waals surface area contributed by atoms with Crippen molar-refractivity contribution in [3.05, 3.63) is 35.0 Å². The third-order valence-electron chi connectivity index (χ3n) is 6.37. The molecule has 2 saturated heterocycles. The predicted octanol–water partition coefficient (Wildman–Crippen LogP) is 2.23. The molecule has 0 radical (unpaired) electrons. The van der Waals surface area contributed by atoms with Crippen LogP contribution in [0.5, 0.6) is 0 Å². The van der Waals surface area contributed by atoms with Gasteiger partial charge in [0.15, 0.2) is 0 Å². The van der Waals surface area contributed by atoms with Crippen LogP contribution in [0.15, 0.2) is 12.3 Å². The molecule has 2 aromatic heterocycles. The zero-order valence-corrected chi connectivity index (χ0v) is 18.3. The lowest BCUT2D eigenvalue weighted by atomic mass is 9.95. The third-order valence-corrected chi connectivity index (χ3v) is 6.37. The van der Waals surface area contributed by atoms with Crippen LogP contribution in [0.1, 0.15) is 48.0 Å². The number of nitrogens with zero attached hydrogens (tertiary/aromatic N) is 6. The molecule has 0 saturated carbocycles. The Labute approximate surface area is 178 Å². The molecule has 4 heterocycles. The molecule has 0 aromatic carbocycles. The normalized spacial score (nSPS) is 18.1. The van der Waals surface area contributed by atoms with E-state index in [1.54, 1.807) is 6.20 Å². The molecule has 2 aromatic rings. The highest BCUT2D eigenvalue weighted by atomic mass is 16.5. The van der Waals surface area contributed by atoms with Crippen molar-refractivity contribution >= 4 is 11.7 Å². The Morgan fingerprint density at radius 1 is 1.10 bits per heavy atom. The van der Waals surface area contributed by atoms with Crippen LogP contribution in [-0.4, -0.2) is 69.9 Å². The number of amides is 1. The van der Waals surface area contributed by atoms with E-state index in [0.29, 0.717) is 18.9 Å². The minimum absolute atomic E-state index is 0.207. The van der Waals surface area contributed by atoms with Crippen LogP contribution in [-0.2, 0) is 16.1 Å². The van der Waals surface area contributed by atoms with Crippen molar-refractivity contribution in [3.8, 4) is 0 Å². The van der Waals surface area contributed by atoms with E-state index in [9.17, 15) is 4.79 Å². The van der Waals surface area contributed by atoms with Crippen LogP contribution in [0.2, 0.25) is 0 Å². The zero-order valence-electron chi connectivity index (χ0n) is 18.3. The van der Waals surface area contributed by atoms with Gasteiger partial charge in [0.2, 0.25) is 5.91 Å². The molecule has 8 nitrogen and oxygen atoms in total. The molecule has 0 bridgehead atoms. The second-order valence-electron chi connectivity index (χ2n) is 8.32. The van der Waals surface area contributed by atoms with Crippen LogP contribution in [0, 0.1) is 20.8 Å². The first-order valence-electron chi connectivity index (χ1n) is 11.0. The molecule has 0 unspecified atom stereocenters. The van der Waals surface area contributed by atoms with Crippen molar-refractivity contribution in [2.24, 2.45) is 0 Å². The minimum Gasteiger partial charge on any atom is -0.378 e. The first-order valence-corrected chi connectivity index (χ1v) is 11.0. The molecule has 2 aliphatic heterocycles. The van der Waals surface area contributed by atoms with Crippen LogP contribution in [0.3, 0.4) is 0 Å². The van der Waals surface area contributed by atoms with Crippen LogP contribution >= 0.6 is 0 Å². The molecule has 0 aliphatic carbocycles. The number of piperidine rings is 1. The number of anilines is 1. The lowest BCUT2D eigenvalue weighted by molar-refractivity contribution is -0.132. The van der Waals surface area contributed by atoms with Gasteiger partial charge in [0.05, 0.1) is 13.2 Å². The number of hydrogen-bond donors (Lipinski definition) is 0. The lowest BCUT2D eigenvalue weighted by Gasteiger charge is -2.33. The maximum atomic E-state index is 12.6. The highest BCUT2D eigenvalue weighted by Crippen LogP contribution is 2.29. The highest BCUT2D eigenvalue weighted by molar-refractivity contribution is 5.76. The van der Waals surface area contributed by atoms with Gasteiger partial charge in [-0.15, -0.1) is 0 Å². The van der Waals surface area contributed by atoms with Crippen molar-refractivity contribution in [3.63, 3.8) is 0 Å². The molecule has 4 rings (SSSR count). The Morgan fingerprint density at radius 2 is 1.83 bits per heavy atom. The van der Waals surface area contributed by atoms with E-state index in [0.717, 1.165) is 80.8 Å². The molecule has 0 N–H and O–H groups in total.